The summed E-state index contributed by atoms with van der Waals surface area (Å²) in [7, 11) is 0. The van der Waals surface area contributed by atoms with Crippen LogP contribution in [0.25, 0.3) is 0 Å². The molecule has 120 valence electrons. The van der Waals surface area contributed by atoms with E-state index < -0.39 is 11.9 Å². The fraction of sp³-hybridized carbons (Fsp3) is 0.467. The van der Waals surface area contributed by atoms with Gasteiger partial charge >= 0.3 is 5.97 Å². The van der Waals surface area contributed by atoms with E-state index in [4.69, 9.17) is 28.3 Å². The molecule has 2 unspecified atom stereocenters. The number of hydrogen-bond donors (Lipinski definition) is 2. The number of benzene rings is 1. The summed E-state index contributed by atoms with van der Waals surface area (Å²) in [6, 6.07) is 4.84. The number of rotatable bonds is 4. The quantitative estimate of drug-likeness (QED) is 0.880. The van der Waals surface area contributed by atoms with Gasteiger partial charge in [-0.1, -0.05) is 30.1 Å². The summed E-state index contributed by atoms with van der Waals surface area (Å²) in [4.78, 5) is 25.1. The first-order chi connectivity index (χ1) is 10.3. The second-order valence-corrected chi connectivity index (χ2v) is 6.59. The van der Waals surface area contributed by atoms with Crippen molar-refractivity contribution in [2.24, 2.45) is 11.8 Å². The van der Waals surface area contributed by atoms with E-state index in [1.807, 2.05) is 11.8 Å². The lowest BCUT2D eigenvalue weighted by molar-refractivity contribution is -0.144. The molecular formula is C15H18Cl2N2O3. The Morgan fingerprint density at radius 2 is 2.09 bits per heavy atom. The third-order valence-corrected chi connectivity index (χ3v) is 4.22. The van der Waals surface area contributed by atoms with Crippen molar-refractivity contribution in [3.05, 3.63) is 28.2 Å². The van der Waals surface area contributed by atoms with Gasteiger partial charge in [0.25, 0.3) is 0 Å². The Morgan fingerprint density at radius 1 is 1.36 bits per heavy atom. The molecule has 5 nitrogen and oxygen atoms in total. The van der Waals surface area contributed by atoms with Crippen LogP contribution in [-0.2, 0) is 9.59 Å². The molecule has 1 aliphatic rings. The molecule has 2 N–H and O–H groups in total. The largest absolute Gasteiger partial charge is 0.481 e. The Morgan fingerprint density at radius 3 is 2.77 bits per heavy atom. The van der Waals surface area contributed by atoms with Gasteiger partial charge in [0.1, 0.15) is 0 Å². The van der Waals surface area contributed by atoms with Crippen LogP contribution in [0.5, 0.6) is 0 Å². The molecule has 0 bridgehead atoms. The molecule has 2 rings (SSSR count). The van der Waals surface area contributed by atoms with Crippen molar-refractivity contribution in [2.45, 2.75) is 13.3 Å². The van der Waals surface area contributed by atoms with Crippen LogP contribution >= 0.6 is 23.2 Å². The zero-order chi connectivity index (χ0) is 16.3. The second kappa shape index (κ2) is 7.31. The molecule has 2 atom stereocenters. The predicted molar refractivity (Wildman–Crippen MR) is 86.4 cm³/mol. The van der Waals surface area contributed by atoms with Gasteiger partial charge in [0.05, 0.1) is 23.2 Å². The van der Waals surface area contributed by atoms with Crippen molar-refractivity contribution >= 4 is 40.8 Å². The first-order valence-corrected chi connectivity index (χ1v) is 7.81. The van der Waals surface area contributed by atoms with Crippen molar-refractivity contribution in [2.75, 3.05) is 25.0 Å². The van der Waals surface area contributed by atoms with Crippen molar-refractivity contribution in [1.82, 2.24) is 4.90 Å². The molecule has 1 aromatic carbocycles. The van der Waals surface area contributed by atoms with Crippen LogP contribution in [0.3, 0.4) is 0 Å². The third-order valence-electron chi connectivity index (χ3n) is 3.65. The van der Waals surface area contributed by atoms with E-state index in [9.17, 15) is 9.59 Å². The van der Waals surface area contributed by atoms with Crippen molar-refractivity contribution in [1.29, 1.82) is 0 Å². The van der Waals surface area contributed by atoms with Gasteiger partial charge in [-0.2, -0.15) is 0 Å². The molecule has 1 fully saturated rings. The SMILES string of the molecule is CC1CC(C(=O)O)CN(CC(=O)Nc2cc(Cl)ccc2Cl)C1. The lowest BCUT2D eigenvalue weighted by atomic mass is 9.90. The Bertz CT molecular complexity index is 580. The van der Waals surface area contributed by atoms with Crippen molar-refractivity contribution in [3.8, 4) is 0 Å². The highest BCUT2D eigenvalue weighted by atomic mass is 35.5. The fourth-order valence-electron chi connectivity index (χ4n) is 2.76. The van der Waals surface area contributed by atoms with Crippen LogP contribution in [0.2, 0.25) is 10.0 Å². The lowest BCUT2D eigenvalue weighted by Gasteiger charge is -2.34. The van der Waals surface area contributed by atoms with Gasteiger partial charge < -0.3 is 10.4 Å². The smallest absolute Gasteiger partial charge is 0.307 e. The van der Waals surface area contributed by atoms with E-state index in [-0.39, 0.29) is 18.4 Å². The lowest BCUT2D eigenvalue weighted by Crippen LogP contribution is -2.45. The van der Waals surface area contributed by atoms with Gasteiger partial charge in [0.2, 0.25) is 5.91 Å². The van der Waals surface area contributed by atoms with E-state index >= 15 is 0 Å². The van der Waals surface area contributed by atoms with Crippen LogP contribution in [0.4, 0.5) is 5.69 Å². The maximum absolute atomic E-state index is 12.1. The number of aliphatic carboxylic acids is 1. The number of amides is 1. The number of nitrogens with zero attached hydrogens (tertiary/aromatic N) is 1. The molecular weight excluding hydrogens is 327 g/mol. The molecule has 0 spiro atoms. The van der Waals surface area contributed by atoms with Crippen LogP contribution in [-0.4, -0.2) is 41.5 Å². The molecule has 0 aliphatic carbocycles. The Balaban J connectivity index is 1.96. The van der Waals surface area contributed by atoms with Gasteiger partial charge in [0, 0.05) is 18.1 Å². The normalized spacial score (nSPS) is 22.3. The summed E-state index contributed by atoms with van der Waals surface area (Å²) in [5.41, 5.74) is 0.457. The van der Waals surface area contributed by atoms with E-state index in [0.717, 1.165) is 0 Å². The minimum atomic E-state index is -0.810. The molecule has 1 aromatic rings. The van der Waals surface area contributed by atoms with Crippen LogP contribution in [0.15, 0.2) is 18.2 Å². The number of carbonyl (C=O) groups excluding carboxylic acids is 1. The highest BCUT2D eigenvalue weighted by Gasteiger charge is 2.30. The van der Waals surface area contributed by atoms with Gasteiger partial charge in [-0.15, -0.1) is 0 Å². The summed E-state index contributed by atoms with van der Waals surface area (Å²) < 4.78 is 0. The first-order valence-electron chi connectivity index (χ1n) is 7.05. The van der Waals surface area contributed by atoms with E-state index in [1.54, 1.807) is 18.2 Å². The summed E-state index contributed by atoms with van der Waals surface area (Å²) in [6.45, 7) is 3.22. The molecule has 0 aromatic heterocycles. The highest BCUT2D eigenvalue weighted by Crippen LogP contribution is 2.26. The molecule has 1 aliphatic heterocycles. The second-order valence-electron chi connectivity index (χ2n) is 5.74. The molecule has 0 radical (unpaired) electrons. The number of carboxylic acids is 1. The number of likely N-dealkylation sites (tertiary alicyclic amines) is 1. The van der Waals surface area contributed by atoms with Gasteiger partial charge in [-0.05, 0) is 30.5 Å². The average molecular weight is 345 g/mol. The van der Waals surface area contributed by atoms with Crippen LogP contribution < -0.4 is 5.32 Å². The minimum Gasteiger partial charge on any atom is -0.481 e. The monoisotopic (exact) mass is 344 g/mol. The third kappa shape index (κ3) is 4.60. The van der Waals surface area contributed by atoms with Crippen LogP contribution in [0.1, 0.15) is 13.3 Å². The maximum Gasteiger partial charge on any atom is 0.307 e. The van der Waals surface area contributed by atoms with E-state index in [1.165, 1.54) is 0 Å². The van der Waals surface area contributed by atoms with Crippen molar-refractivity contribution < 1.29 is 14.7 Å². The van der Waals surface area contributed by atoms with E-state index in [2.05, 4.69) is 5.32 Å². The van der Waals surface area contributed by atoms with Crippen molar-refractivity contribution in [3.63, 3.8) is 0 Å². The van der Waals surface area contributed by atoms with Gasteiger partial charge in [-0.3, -0.25) is 14.5 Å². The molecule has 0 saturated carbocycles. The van der Waals surface area contributed by atoms with Gasteiger partial charge in [0.15, 0.2) is 0 Å². The zero-order valence-corrected chi connectivity index (χ0v) is 13.7. The number of hydrogen-bond acceptors (Lipinski definition) is 3. The number of carbonyl (C=O) groups is 2. The number of halogens is 2. The molecule has 7 heteroatoms. The molecule has 1 saturated heterocycles. The topological polar surface area (TPSA) is 69.6 Å². The minimum absolute atomic E-state index is 0.136. The zero-order valence-electron chi connectivity index (χ0n) is 12.2. The number of piperidine rings is 1. The van der Waals surface area contributed by atoms with E-state index in [0.29, 0.717) is 35.2 Å². The summed E-state index contributed by atoms with van der Waals surface area (Å²) in [5, 5.41) is 12.8. The number of carboxylic acid groups (broad SMARTS) is 1. The summed E-state index contributed by atoms with van der Waals surface area (Å²) in [6.07, 6.45) is 0.646. The van der Waals surface area contributed by atoms with Crippen LogP contribution in [0, 0.1) is 11.8 Å². The standard InChI is InChI=1S/C15H18Cl2N2O3/c1-9-4-10(15(21)22)7-19(6-9)8-14(20)18-13-5-11(16)2-3-12(13)17/h2-3,5,9-10H,4,6-8H2,1H3,(H,18,20)(H,21,22). The summed E-state index contributed by atoms with van der Waals surface area (Å²) >= 11 is 11.9. The first kappa shape index (κ1) is 17.1. The molecule has 1 amide bonds. The fourth-order valence-corrected chi connectivity index (χ4v) is 3.09. The Hall–Kier alpha value is -1.30. The Kier molecular flexibility index (Phi) is 5.67. The number of nitrogens with one attached hydrogen (secondary N) is 1. The number of anilines is 1. The highest BCUT2D eigenvalue weighted by molar-refractivity contribution is 6.35. The Labute approximate surface area is 139 Å². The average Bonchev–Trinajstić information content (AvgIpc) is 2.42. The van der Waals surface area contributed by atoms with Gasteiger partial charge in [-0.25, -0.2) is 0 Å². The molecule has 1 heterocycles. The maximum atomic E-state index is 12.1. The molecule has 22 heavy (non-hydrogen) atoms. The predicted octanol–water partition coefficient (Wildman–Crippen LogP) is 2.97. The summed E-state index contributed by atoms with van der Waals surface area (Å²) in [5.74, 6) is -1.22.